The summed E-state index contributed by atoms with van der Waals surface area (Å²) in [4.78, 5) is 21.1. The minimum atomic E-state index is -0.691. The topological polar surface area (TPSA) is 86.3 Å². The smallest absolute Gasteiger partial charge is 0.258 e. The standard InChI is InChI=1S/C12H6Cl2N2O4S/c13-8-2-1-3-9(14)12(8)21-11-5-4-7(15(17)18)6-10(11)16(19)20/h1-6H. The Morgan fingerprint density at radius 3 is 2.10 bits per heavy atom. The first kappa shape index (κ1) is 15.6. The molecule has 0 unspecified atom stereocenters. The van der Waals surface area contributed by atoms with Crippen LogP contribution < -0.4 is 0 Å². The Morgan fingerprint density at radius 1 is 0.952 bits per heavy atom. The summed E-state index contributed by atoms with van der Waals surface area (Å²) in [6.45, 7) is 0. The van der Waals surface area contributed by atoms with Gasteiger partial charge in [0.25, 0.3) is 11.4 Å². The molecule has 0 radical (unpaired) electrons. The minimum Gasteiger partial charge on any atom is -0.258 e. The molecular formula is C12H6Cl2N2O4S. The van der Waals surface area contributed by atoms with Gasteiger partial charge < -0.3 is 0 Å². The highest BCUT2D eigenvalue weighted by Crippen LogP contribution is 2.42. The van der Waals surface area contributed by atoms with Crippen molar-refractivity contribution >= 4 is 46.3 Å². The molecule has 9 heteroatoms. The van der Waals surface area contributed by atoms with Gasteiger partial charge in [0.1, 0.15) is 0 Å². The van der Waals surface area contributed by atoms with E-state index in [1.807, 2.05) is 0 Å². The summed E-state index contributed by atoms with van der Waals surface area (Å²) in [6.07, 6.45) is 0. The molecule has 0 heterocycles. The largest absolute Gasteiger partial charge is 0.290 e. The van der Waals surface area contributed by atoms with E-state index in [1.54, 1.807) is 18.2 Å². The van der Waals surface area contributed by atoms with Gasteiger partial charge in [0.2, 0.25) is 0 Å². The number of rotatable bonds is 4. The second kappa shape index (κ2) is 6.30. The molecule has 0 saturated carbocycles. The van der Waals surface area contributed by atoms with E-state index in [-0.39, 0.29) is 16.3 Å². The zero-order chi connectivity index (χ0) is 15.6. The fraction of sp³-hybridized carbons (Fsp3) is 0. The van der Waals surface area contributed by atoms with Crippen molar-refractivity contribution in [1.82, 2.24) is 0 Å². The molecule has 2 aromatic carbocycles. The third-order valence-corrected chi connectivity index (χ3v) is 4.54. The Hall–Kier alpha value is -1.83. The van der Waals surface area contributed by atoms with Gasteiger partial charge in [-0.3, -0.25) is 20.2 Å². The maximum atomic E-state index is 11.1. The average molecular weight is 345 g/mol. The predicted octanol–water partition coefficient (Wildman–Crippen LogP) is 4.96. The number of hydrogen-bond acceptors (Lipinski definition) is 5. The molecule has 2 aromatic rings. The van der Waals surface area contributed by atoms with Crippen LogP contribution >= 0.6 is 35.0 Å². The number of hydrogen-bond donors (Lipinski definition) is 0. The van der Waals surface area contributed by atoms with Crippen LogP contribution in [0.1, 0.15) is 0 Å². The minimum absolute atomic E-state index is 0.223. The third kappa shape index (κ3) is 3.44. The SMILES string of the molecule is O=[N+]([O-])c1ccc(Sc2c(Cl)cccc2Cl)c([N+](=O)[O-])c1. The van der Waals surface area contributed by atoms with Crippen LogP contribution in [0.25, 0.3) is 0 Å². The molecule has 0 N–H and O–H groups in total. The van der Waals surface area contributed by atoms with Gasteiger partial charge in [-0.2, -0.15) is 0 Å². The maximum absolute atomic E-state index is 11.1. The fourth-order valence-electron chi connectivity index (χ4n) is 1.54. The lowest BCUT2D eigenvalue weighted by molar-refractivity contribution is -0.396. The summed E-state index contributed by atoms with van der Waals surface area (Å²) >= 11 is 13.0. The number of halogens is 2. The number of nitrogens with zero attached hydrogens (tertiary/aromatic N) is 2. The summed E-state index contributed by atoms with van der Waals surface area (Å²) < 4.78 is 0. The van der Waals surface area contributed by atoms with Crippen molar-refractivity contribution in [3.63, 3.8) is 0 Å². The zero-order valence-corrected chi connectivity index (χ0v) is 12.5. The highest BCUT2D eigenvalue weighted by molar-refractivity contribution is 7.99. The van der Waals surface area contributed by atoms with Crippen LogP contribution in [0.15, 0.2) is 46.2 Å². The highest BCUT2D eigenvalue weighted by Gasteiger charge is 2.21. The summed E-state index contributed by atoms with van der Waals surface area (Å²) in [7, 11) is 0. The van der Waals surface area contributed by atoms with Crippen LogP contribution in [-0.2, 0) is 0 Å². The molecule has 0 aliphatic heterocycles. The van der Waals surface area contributed by atoms with Crippen molar-refractivity contribution in [1.29, 1.82) is 0 Å². The normalized spacial score (nSPS) is 10.4. The van der Waals surface area contributed by atoms with E-state index < -0.39 is 9.85 Å². The summed E-state index contributed by atoms with van der Waals surface area (Å²) in [5, 5.41) is 22.4. The van der Waals surface area contributed by atoms with E-state index in [4.69, 9.17) is 23.2 Å². The Balaban J connectivity index is 2.49. The molecule has 0 bridgehead atoms. The molecular weight excluding hydrogens is 339 g/mol. The molecule has 0 aromatic heterocycles. The van der Waals surface area contributed by atoms with Gasteiger partial charge in [0, 0.05) is 11.0 Å². The van der Waals surface area contributed by atoms with E-state index in [1.165, 1.54) is 12.1 Å². The molecule has 0 atom stereocenters. The number of nitro benzene ring substituents is 2. The van der Waals surface area contributed by atoms with Crippen molar-refractivity contribution in [2.45, 2.75) is 9.79 Å². The van der Waals surface area contributed by atoms with Crippen LogP contribution in [0.2, 0.25) is 10.0 Å². The highest BCUT2D eigenvalue weighted by atomic mass is 35.5. The van der Waals surface area contributed by atoms with Crippen LogP contribution in [0.3, 0.4) is 0 Å². The lowest BCUT2D eigenvalue weighted by Gasteiger charge is -2.06. The molecule has 0 amide bonds. The van der Waals surface area contributed by atoms with Crippen LogP contribution in [-0.4, -0.2) is 9.85 Å². The summed E-state index contributed by atoms with van der Waals surface area (Å²) in [5.74, 6) is 0. The van der Waals surface area contributed by atoms with Gasteiger partial charge in [-0.15, -0.1) is 0 Å². The van der Waals surface area contributed by atoms with E-state index in [0.717, 1.165) is 17.8 Å². The lowest BCUT2D eigenvalue weighted by Crippen LogP contribution is -1.94. The quantitative estimate of drug-likeness (QED) is 0.577. The maximum Gasteiger partial charge on any atom is 0.290 e. The van der Waals surface area contributed by atoms with Crippen LogP contribution in [0, 0.1) is 20.2 Å². The van der Waals surface area contributed by atoms with E-state index >= 15 is 0 Å². The summed E-state index contributed by atoms with van der Waals surface area (Å²) in [6, 6.07) is 8.27. The first-order chi connectivity index (χ1) is 9.90. The lowest BCUT2D eigenvalue weighted by atomic mass is 10.3. The van der Waals surface area contributed by atoms with E-state index in [0.29, 0.717) is 14.9 Å². The van der Waals surface area contributed by atoms with Gasteiger partial charge in [-0.05, 0) is 18.2 Å². The van der Waals surface area contributed by atoms with Crippen molar-refractivity contribution in [2.75, 3.05) is 0 Å². The number of nitro groups is 2. The van der Waals surface area contributed by atoms with Crippen molar-refractivity contribution < 1.29 is 9.85 Å². The Bertz CT molecular complexity index is 719. The number of benzene rings is 2. The molecule has 0 spiro atoms. The second-order valence-corrected chi connectivity index (χ2v) is 5.69. The molecule has 6 nitrogen and oxygen atoms in total. The van der Waals surface area contributed by atoms with E-state index in [2.05, 4.69) is 0 Å². The molecule has 0 saturated heterocycles. The Morgan fingerprint density at radius 2 is 1.57 bits per heavy atom. The fourth-order valence-corrected chi connectivity index (χ4v) is 3.09. The van der Waals surface area contributed by atoms with E-state index in [9.17, 15) is 20.2 Å². The van der Waals surface area contributed by atoms with Gasteiger partial charge >= 0.3 is 0 Å². The third-order valence-electron chi connectivity index (χ3n) is 2.48. The molecule has 108 valence electrons. The van der Waals surface area contributed by atoms with Gasteiger partial charge in [-0.1, -0.05) is 41.0 Å². The molecule has 0 aliphatic carbocycles. The molecule has 2 rings (SSSR count). The van der Waals surface area contributed by atoms with Crippen molar-refractivity contribution in [3.05, 3.63) is 66.7 Å². The molecule has 0 aliphatic rings. The molecule has 21 heavy (non-hydrogen) atoms. The van der Waals surface area contributed by atoms with Gasteiger partial charge in [0.05, 0.1) is 30.9 Å². The molecule has 0 fully saturated rings. The van der Waals surface area contributed by atoms with Crippen LogP contribution in [0.4, 0.5) is 11.4 Å². The first-order valence-electron chi connectivity index (χ1n) is 5.45. The average Bonchev–Trinajstić information content (AvgIpc) is 2.42. The Kier molecular flexibility index (Phi) is 4.66. The zero-order valence-electron chi connectivity index (χ0n) is 10.2. The van der Waals surface area contributed by atoms with Crippen LogP contribution in [0.5, 0.6) is 0 Å². The van der Waals surface area contributed by atoms with Gasteiger partial charge in [-0.25, -0.2) is 0 Å². The monoisotopic (exact) mass is 344 g/mol. The Labute approximate surface area is 133 Å². The number of non-ortho nitro benzene ring substituents is 1. The van der Waals surface area contributed by atoms with Crippen molar-refractivity contribution in [3.8, 4) is 0 Å². The second-order valence-electron chi connectivity index (χ2n) is 3.82. The van der Waals surface area contributed by atoms with Crippen molar-refractivity contribution in [2.24, 2.45) is 0 Å². The first-order valence-corrected chi connectivity index (χ1v) is 7.02. The predicted molar refractivity (Wildman–Crippen MR) is 80.3 cm³/mol. The van der Waals surface area contributed by atoms with Gasteiger partial charge in [0.15, 0.2) is 0 Å². The summed E-state index contributed by atoms with van der Waals surface area (Å²) in [5.41, 5.74) is -0.721.